The topological polar surface area (TPSA) is 60.8 Å². The van der Waals surface area contributed by atoms with Crippen molar-refractivity contribution in [3.8, 4) is 11.8 Å². The van der Waals surface area contributed by atoms with Crippen molar-refractivity contribution in [1.82, 2.24) is 4.90 Å². The fourth-order valence-corrected chi connectivity index (χ4v) is 5.54. The first-order chi connectivity index (χ1) is 15.1. The molecule has 180 valence electrons. The molecule has 0 radical (unpaired) electrons. The van der Waals surface area contributed by atoms with Gasteiger partial charge in [-0.25, -0.2) is 0 Å². The van der Waals surface area contributed by atoms with Crippen molar-refractivity contribution in [2.24, 2.45) is 23.7 Å². The second kappa shape index (κ2) is 12.6. The van der Waals surface area contributed by atoms with Crippen molar-refractivity contribution in [2.75, 3.05) is 0 Å². The number of aliphatic hydroxyl groups excluding tert-OH is 2. The molecule has 0 saturated heterocycles. The molecule has 2 aliphatic carbocycles. The summed E-state index contributed by atoms with van der Waals surface area (Å²) >= 11 is 0. The van der Waals surface area contributed by atoms with Gasteiger partial charge in [0, 0.05) is 30.8 Å². The molecule has 0 aromatic rings. The lowest BCUT2D eigenvalue weighted by atomic mass is 9.88. The minimum atomic E-state index is -0.523. The molecular weight excluding hydrogens is 398 g/mol. The summed E-state index contributed by atoms with van der Waals surface area (Å²) in [4.78, 5) is 14.5. The SMILES string of the molecule is CC#CC[C@H](C)[C@H](O)/C=C/[C@@H]1[C@H]2CC(CCCCC(=O)N(C(C)C)C(C)C)=C[C@H]2C[C@H]1O. The summed E-state index contributed by atoms with van der Waals surface area (Å²) in [5.74, 6) is 7.26. The highest BCUT2D eigenvalue weighted by Crippen LogP contribution is 2.48. The summed E-state index contributed by atoms with van der Waals surface area (Å²) in [6, 6.07) is 0.494. The van der Waals surface area contributed by atoms with E-state index in [0.717, 1.165) is 32.1 Å². The maximum atomic E-state index is 12.5. The van der Waals surface area contributed by atoms with Crippen LogP contribution in [-0.4, -0.2) is 45.3 Å². The van der Waals surface area contributed by atoms with Gasteiger partial charge in [0.2, 0.25) is 5.91 Å². The summed E-state index contributed by atoms with van der Waals surface area (Å²) in [6.07, 6.45) is 11.6. The van der Waals surface area contributed by atoms with Crippen LogP contribution in [0.25, 0.3) is 0 Å². The molecule has 0 aromatic heterocycles. The summed E-state index contributed by atoms with van der Waals surface area (Å²) < 4.78 is 0. The van der Waals surface area contributed by atoms with E-state index in [2.05, 4.69) is 51.7 Å². The van der Waals surface area contributed by atoms with Crippen LogP contribution in [-0.2, 0) is 4.79 Å². The van der Waals surface area contributed by atoms with E-state index in [1.54, 1.807) is 0 Å². The fraction of sp³-hybridized carbons (Fsp3) is 0.750. The van der Waals surface area contributed by atoms with Crippen molar-refractivity contribution >= 4 is 5.91 Å². The summed E-state index contributed by atoms with van der Waals surface area (Å²) in [6.45, 7) is 12.2. The Bertz CT molecular complexity index is 719. The Kier molecular flexibility index (Phi) is 10.5. The molecule has 2 N–H and O–H groups in total. The Morgan fingerprint density at radius 1 is 1.22 bits per heavy atom. The lowest BCUT2D eigenvalue weighted by molar-refractivity contribution is -0.134. The zero-order chi connectivity index (χ0) is 23.8. The third-order valence-corrected chi connectivity index (χ3v) is 7.20. The van der Waals surface area contributed by atoms with E-state index in [-0.39, 0.29) is 35.9 Å². The van der Waals surface area contributed by atoms with E-state index in [1.807, 2.05) is 24.8 Å². The van der Waals surface area contributed by atoms with E-state index in [4.69, 9.17) is 0 Å². The minimum Gasteiger partial charge on any atom is -0.392 e. The molecule has 2 rings (SSSR count). The van der Waals surface area contributed by atoms with Crippen molar-refractivity contribution in [3.05, 3.63) is 23.8 Å². The van der Waals surface area contributed by atoms with Crippen molar-refractivity contribution in [1.29, 1.82) is 0 Å². The van der Waals surface area contributed by atoms with Gasteiger partial charge in [0.15, 0.2) is 0 Å². The van der Waals surface area contributed by atoms with Gasteiger partial charge in [0.25, 0.3) is 0 Å². The van der Waals surface area contributed by atoms with Gasteiger partial charge >= 0.3 is 0 Å². The van der Waals surface area contributed by atoms with Gasteiger partial charge in [-0.15, -0.1) is 11.8 Å². The van der Waals surface area contributed by atoms with Gasteiger partial charge in [0.05, 0.1) is 12.2 Å². The maximum absolute atomic E-state index is 12.5. The van der Waals surface area contributed by atoms with Crippen LogP contribution in [0.1, 0.15) is 86.5 Å². The third kappa shape index (κ3) is 7.22. The summed E-state index contributed by atoms with van der Waals surface area (Å²) in [5.41, 5.74) is 1.48. The van der Waals surface area contributed by atoms with Crippen LogP contribution in [0, 0.1) is 35.5 Å². The van der Waals surface area contributed by atoms with Crippen molar-refractivity contribution in [3.63, 3.8) is 0 Å². The highest BCUT2D eigenvalue weighted by Gasteiger charge is 2.43. The molecule has 32 heavy (non-hydrogen) atoms. The molecule has 0 aliphatic heterocycles. The van der Waals surface area contributed by atoms with Gasteiger partial charge in [-0.2, -0.15) is 0 Å². The molecule has 4 nitrogen and oxygen atoms in total. The molecule has 6 atom stereocenters. The molecular formula is C28H45NO3. The Morgan fingerprint density at radius 3 is 2.53 bits per heavy atom. The van der Waals surface area contributed by atoms with Crippen LogP contribution in [0.15, 0.2) is 23.8 Å². The molecule has 0 heterocycles. The highest BCUT2D eigenvalue weighted by molar-refractivity contribution is 5.76. The van der Waals surface area contributed by atoms with Gasteiger partial charge in [0.1, 0.15) is 0 Å². The number of nitrogens with zero attached hydrogens (tertiary/aromatic N) is 1. The molecule has 4 heteroatoms. The quantitative estimate of drug-likeness (QED) is 0.265. The van der Waals surface area contributed by atoms with Gasteiger partial charge < -0.3 is 15.1 Å². The second-order valence-corrected chi connectivity index (χ2v) is 10.4. The van der Waals surface area contributed by atoms with Crippen LogP contribution in [0.5, 0.6) is 0 Å². The number of aliphatic hydroxyl groups is 2. The first-order valence-corrected chi connectivity index (χ1v) is 12.6. The number of carbonyl (C=O) groups is 1. The number of rotatable bonds is 11. The predicted octanol–water partition coefficient (Wildman–Crippen LogP) is 5.10. The second-order valence-electron chi connectivity index (χ2n) is 10.4. The van der Waals surface area contributed by atoms with Crippen LogP contribution in [0.2, 0.25) is 0 Å². The van der Waals surface area contributed by atoms with E-state index in [1.165, 1.54) is 5.57 Å². The maximum Gasteiger partial charge on any atom is 0.223 e. The lowest BCUT2D eigenvalue weighted by Gasteiger charge is -2.30. The van der Waals surface area contributed by atoms with E-state index in [0.29, 0.717) is 24.7 Å². The lowest BCUT2D eigenvalue weighted by Crippen LogP contribution is -2.41. The Balaban J connectivity index is 1.81. The van der Waals surface area contributed by atoms with Crippen LogP contribution in [0.4, 0.5) is 0 Å². The molecule has 1 fully saturated rings. The number of allylic oxidation sites excluding steroid dienone is 2. The Hall–Kier alpha value is -1.57. The monoisotopic (exact) mass is 443 g/mol. The molecule has 1 saturated carbocycles. The zero-order valence-electron chi connectivity index (χ0n) is 21.1. The Morgan fingerprint density at radius 2 is 1.91 bits per heavy atom. The molecule has 0 unspecified atom stereocenters. The first-order valence-electron chi connectivity index (χ1n) is 12.6. The summed E-state index contributed by atoms with van der Waals surface area (Å²) in [5, 5.41) is 21.0. The van der Waals surface area contributed by atoms with Crippen LogP contribution >= 0.6 is 0 Å². The van der Waals surface area contributed by atoms with E-state index >= 15 is 0 Å². The average Bonchev–Trinajstić information content (AvgIpc) is 3.23. The number of hydrogen-bond acceptors (Lipinski definition) is 3. The smallest absolute Gasteiger partial charge is 0.223 e. The van der Waals surface area contributed by atoms with Gasteiger partial charge in [-0.1, -0.05) is 30.7 Å². The summed E-state index contributed by atoms with van der Waals surface area (Å²) in [7, 11) is 0. The number of amides is 1. The standard InChI is InChI=1S/C28H45NO3/c1-7-8-11-21(6)26(30)15-14-24-25-17-22(16-23(25)18-27(24)31)12-9-10-13-28(32)29(19(2)3)20(4)5/h14-16,19-21,23-27,30-31H,9-13,17-18H2,1-6H3/b15-14+/t21-,23-,24+,25-,26+,27+/m0/s1. The molecule has 0 aromatic carbocycles. The number of unbranched alkanes of at least 4 members (excludes halogenated alkanes) is 1. The molecule has 2 aliphatic rings. The predicted molar refractivity (Wildman–Crippen MR) is 132 cm³/mol. The van der Waals surface area contributed by atoms with E-state index in [9.17, 15) is 15.0 Å². The minimum absolute atomic E-state index is 0.0929. The number of fused-ring (bicyclic) bond motifs is 1. The highest BCUT2D eigenvalue weighted by atomic mass is 16.3. The molecule has 0 bridgehead atoms. The van der Waals surface area contributed by atoms with Crippen LogP contribution < -0.4 is 0 Å². The molecule has 1 amide bonds. The average molecular weight is 444 g/mol. The van der Waals surface area contributed by atoms with Gasteiger partial charge in [-0.3, -0.25) is 4.79 Å². The van der Waals surface area contributed by atoms with Crippen molar-refractivity contribution in [2.45, 2.75) is 111 Å². The number of hydrogen-bond donors (Lipinski definition) is 2. The van der Waals surface area contributed by atoms with Crippen molar-refractivity contribution < 1.29 is 15.0 Å². The fourth-order valence-electron chi connectivity index (χ4n) is 5.54. The van der Waals surface area contributed by atoms with E-state index < -0.39 is 6.10 Å². The largest absolute Gasteiger partial charge is 0.392 e. The zero-order valence-corrected chi connectivity index (χ0v) is 21.1. The Labute approximate surface area is 196 Å². The normalized spacial score (nSPS) is 26.8. The number of carbonyl (C=O) groups excluding carboxylic acids is 1. The molecule has 0 spiro atoms. The van der Waals surface area contributed by atoms with Crippen LogP contribution in [0.3, 0.4) is 0 Å². The third-order valence-electron chi connectivity index (χ3n) is 7.20. The van der Waals surface area contributed by atoms with Gasteiger partial charge in [-0.05, 0) is 84.5 Å². The first kappa shape index (κ1) is 26.7.